The molecule has 1 saturated heterocycles. The van der Waals surface area contributed by atoms with Gasteiger partial charge < -0.3 is 10.0 Å². The van der Waals surface area contributed by atoms with Gasteiger partial charge >= 0.3 is 5.97 Å². The first kappa shape index (κ1) is 12.5. The van der Waals surface area contributed by atoms with Gasteiger partial charge in [0.25, 0.3) is 5.91 Å². The van der Waals surface area contributed by atoms with E-state index in [0.717, 1.165) is 5.69 Å². The smallest absolute Gasteiger partial charge is 0.308 e. The average molecular weight is 249 g/mol. The van der Waals surface area contributed by atoms with Gasteiger partial charge in [-0.25, -0.2) is 0 Å². The molecule has 1 aromatic heterocycles. The number of carbonyl (C=O) groups is 2. The summed E-state index contributed by atoms with van der Waals surface area (Å²) >= 11 is 0. The van der Waals surface area contributed by atoms with Crippen LogP contribution in [0.25, 0.3) is 0 Å². The molecule has 2 rings (SSSR count). The number of aliphatic carboxylic acids is 1. The molecule has 0 saturated carbocycles. The molecule has 1 aliphatic heterocycles. The molecule has 6 heteroatoms. The van der Waals surface area contributed by atoms with Gasteiger partial charge in [-0.3, -0.25) is 9.59 Å². The van der Waals surface area contributed by atoms with Crippen molar-refractivity contribution in [1.82, 2.24) is 15.1 Å². The van der Waals surface area contributed by atoms with Crippen molar-refractivity contribution in [2.45, 2.75) is 19.8 Å². The standard InChI is InChI=1S/C12H15N3O3/c1-8-4-5-10(14-13-8)11(16)15-6-2-3-9(7-15)12(17)18/h4-5,9H,2-3,6-7H2,1H3,(H,17,18). The number of piperidine rings is 1. The fourth-order valence-electron chi connectivity index (χ4n) is 2.04. The van der Waals surface area contributed by atoms with Crippen LogP contribution in [0.15, 0.2) is 12.1 Å². The largest absolute Gasteiger partial charge is 0.481 e. The van der Waals surface area contributed by atoms with E-state index in [1.807, 2.05) is 0 Å². The predicted molar refractivity (Wildman–Crippen MR) is 63.0 cm³/mol. The lowest BCUT2D eigenvalue weighted by atomic mass is 9.98. The van der Waals surface area contributed by atoms with Gasteiger partial charge in [-0.1, -0.05) is 0 Å². The molecule has 1 aliphatic rings. The normalized spacial score (nSPS) is 19.6. The highest BCUT2D eigenvalue weighted by molar-refractivity contribution is 5.92. The Morgan fingerprint density at radius 2 is 2.17 bits per heavy atom. The van der Waals surface area contributed by atoms with E-state index in [1.165, 1.54) is 0 Å². The Morgan fingerprint density at radius 1 is 1.39 bits per heavy atom. The van der Waals surface area contributed by atoms with E-state index in [9.17, 15) is 9.59 Å². The second kappa shape index (κ2) is 5.12. The van der Waals surface area contributed by atoms with Gasteiger partial charge in [0.05, 0.1) is 11.6 Å². The minimum atomic E-state index is -0.845. The lowest BCUT2D eigenvalue weighted by Crippen LogP contribution is -2.42. The first-order chi connectivity index (χ1) is 8.58. The Bertz CT molecular complexity index is 458. The van der Waals surface area contributed by atoms with Crippen LogP contribution >= 0.6 is 0 Å². The molecule has 0 spiro atoms. The average Bonchev–Trinajstić information content (AvgIpc) is 2.39. The van der Waals surface area contributed by atoms with E-state index < -0.39 is 11.9 Å². The first-order valence-corrected chi connectivity index (χ1v) is 5.90. The van der Waals surface area contributed by atoms with Crippen LogP contribution < -0.4 is 0 Å². The van der Waals surface area contributed by atoms with Crippen molar-refractivity contribution < 1.29 is 14.7 Å². The quantitative estimate of drug-likeness (QED) is 0.835. The second-order valence-corrected chi connectivity index (χ2v) is 4.49. The van der Waals surface area contributed by atoms with Gasteiger partial charge in [0.2, 0.25) is 0 Å². The van der Waals surface area contributed by atoms with E-state index in [2.05, 4.69) is 10.2 Å². The van der Waals surface area contributed by atoms with Crippen LogP contribution in [0.2, 0.25) is 0 Å². The van der Waals surface area contributed by atoms with E-state index in [-0.39, 0.29) is 18.1 Å². The maximum Gasteiger partial charge on any atom is 0.308 e. The van der Waals surface area contributed by atoms with Crippen LogP contribution in [0.5, 0.6) is 0 Å². The Labute approximate surface area is 105 Å². The highest BCUT2D eigenvalue weighted by Gasteiger charge is 2.29. The molecule has 6 nitrogen and oxygen atoms in total. The van der Waals surface area contributed by atoms with Crippen molar-refractivity contribution in [2.24, 2.45) is 5.92 Å². The highest BCUT2D eigenvalue weighted by Crippen LogP contribution is 2.18. The first-order valence-electron chi connectivity index (χ1n) is 5.90. The van der Waals surface area contributed by atoms with Crippen LogP contribution in [0.3, 0.4) is 0 Å². The van der Waals surface area contributed by atoms with Gasteiger partial charge in [0, 0.05) is 13.1 Å². The summed E-state index contributed by atoms with van der Waals surface area (Å²) in [6.07, 6.45) is 1.33. The van der Waals surface area contributed by atoms with Crippen molar-refractivity contribution in [3.63, 3.8) is 0 Å². The second-order valence-electron chi connectivity index (χ2n) is 4.49. The number of carbonyl (C=O) groups excluding carboxylic acids is 1. The summed E-state index contributed by atoms with van der Waals surface area (Å²) in [5.41, 5.74) is 1.01. The third kappa shape index (κ3) is 2.64. The zero-order chi connectivity index (χ0) is 13.1. The van der Waals surface area contributed by atoms with Gasteiger partial charge in [0.1, 0.15) is 0 Å². The molecule has 2 heterocycles. The molecule has 1 N–H and O–H groups in total. The Hall–Kier alpha value is -1.98. The SMILES string of the molecule is Cc1ccc(C(=O)N2CCCC(C(=O)O)C2)nn1. The molecule has 1 unspecified atom stereocenters. The fraction of sp³-hybridized carbons (Fsp3) is 0.500. The Kier molecular flexibility index (Phi) is 3.55. The fourth-order valence-corrected chi connectivity index (χ4v) is 2.04. The minimum Gasteiger partial charge on any atom is -0.481 e. The van der Waals surface area contributed by atoms with Gasteiger partial charge in [-0.05, 0) is 31.9 Å². The molecule has 0 aliphatic carbocycles. The molecule has 96 valence electrons. The molecule has 0 bridgehead atoms. The number of carboxylic acids is 1. The maximum atomic E-state index is 12.1. The number of amides is 1. The highest BCUT2D eigenvalue weighted by atomic mass is 16.4. The van der Waals surface area contributed by atoms with Crippen molar-refractivity contribution in [2.75, 3.05) is 13.1 Å². The van der Waals surface area contributed by atoms with Gasteiger partial charge in [-0.15, -0.1) is 5.10 Å². The number of aryl methyl sites for hydroxylation is 1. The lowest BCUT2D eigenvalue weighted by Gasteiger charge is -2.30. The third-order valence-electron chi connectivity index (χ3n) is 3.07. The number of hydrogen-bond donors (Lipinski definition) is 1. The molecule has 1 fully saturated rings. The molecule has 1 atom stereocenters. The molecule has 1 aromatic rings. The van der Waals surface area contributed by atoms with Crippen molar-refractivity contribution in [3.8, 4) is 0 Å². The summed E-state index contributed by atoms with van der Waals surface area (Å²) in [6, 6.07) is 3.34. The third-order valence-corrected chi connectivity index (χ3v) is 3.07. The molecule has 0 radical (unpaired) electrons. The molecular formula is C12H15N3O3. The minimum absolute atomic E-state index is 0.242. The number of likely N-dealkylation sites (tertiary alicyclic amines) is 1. The summed E-state index contributed by atoms with van der Waals surface area (Å²) in [5.74, 6) is -1.56. The van der Waals surface area contributed by atoms with Gasteiger partial charge in [0.15, 0.2) is 5.69 Å². The van der Waals surface area contributed by atoms with Crippen molar-refractivity contribution in [3.05, 3.63) is 23.5 Å². The predicted octanol–water partition coefficient (Wildman–Crippen LogP) is 0.722. The van der Waals surface area contributed by atoms with E-state index in [1.54, 1.807) is 24.0 Å². The zero-order valence-electron chi connectivity index (χ0n) is 10.2. The van der Waals surface area contributed by atoms with E-state index in [4.69, 9.17) is 5.11 Å². The zero-order valence-corrected chi connectivity index (χ0v) is 10.2. The van der Waals surface area contributed by atoms with E-state index in [0.29, 0.717) is 19.4 Å². The number of carboxylic acid groups (broad SMARTS) is 1. The van der Waals surface area contributed by atoms with Crippen LogP contribution in [0.1, 0.15) is 29.0 Å². The van der Waals surface area contributed by atoms with Crippen LogP contribution in [0.4, 0.5) is 0 Å². The summed E-state index contributed by atoms with van der Waals surface area (Å²) in [6.45, 7) is 2.63. The van der Waals surface area contributed by atoms with Crippen LogP contribution in [-0.2, 0) is 4.79 Å². The van der Waals surface area contributed by atoms with E-state index >= 15 is 0 Å². The number of rotatable bonds is 2. The Balaban J connectivity index is 2.09. The van der Waals surface area contributed by atoms with Crippen LogP contribution in [0, 0.1) is 12.8 Å². The molecule has 18 heavy (non-hydrogen) atoms. The summed E-state index contributed by atoms with van der Waals surface area (Å²) < 4.78 is 0. The monoisotopic (exact) mass is 249 g/mol. The van der Waals surface area contributed by atoms with Gasteiger partial charge in [-0.2, -0.15) is 5.10 Å². The maximum absolute atomic E-state index is 12.1. The van der Waals surface area contributed by atoms with Crippen LogP contribution in [-0.4, -0.2) is 45.2 Å². The summed E-state index contributed by atoms with van der Waals surface area (Å²) in [5, 5.41) is 16.6. The Morgan fingerprint density at radius 3 is 2.78 bits per heavy atom. The van der Waals surface area contributed by atoms with Crippen molar-refractivity contribution >= 4 is 11.9 Å². The summed E-state index contributed by atoms with van der Waals surface area (Å²) in [4.78, 5) is 24.6. The van der Waals surface area contributed by atoms with Crippen molar-refractivity contribution in [1.29, 1.82) is 0 Å². The lowest BCUT2D eigenvalue weighted by molar-refractivity contribution is -0.143. The molecule has 1 amide bonds. The number of aromatic nitrogens is 2. The summed E-state index contributed by atoms with van der Waals surface area (Å²) in [7, 11) is 0. The molecular weight excluding hydrogens is 234 g/mol. The number of nitrogens with zero attached hydrogens (tertiary/aromatic N) is 3. The molecule has 0 aromatic carbocycles. The topological polar surface area (TPSA) is 83.4 Å². The number of hydrogen-bond acceptors (Lipinski definition) is 4.